The zero-order valence-corrected chi connectivity index (χ0v) is 13.4. The molecule has 1 aliphatic rings. The van der Waals surface area contributed by atoms with Crippen LogP contribution in [0.2, 0.25) is 0 Å². The minimum absolute atomic E-state index is 0.115. The van der Waals surface area contributed by atoms with Gasteiger partial charge >= 0.3 is 0 Å². The number of hydrogen-bond donors (Lipinski definition) is 0. The van der Waals surface area contributed by atoms with E-state index in [9.17, 15) is 8.42 Å². The lowest BCUT2D eigenvalue weighted by molar-refractivity contribution is 0.0759. The van der Waals surface area contributed by atoms with Gasteiger partial charge in [0.1, 0.15) is 6.10 Å². The van der Waals surface area contributed by atoms with Crippen LogP contribution in [0.1, 0.15) is 11.1 Å². The van der Waals surface area contributed by atoms with Crippen LogP contribution in [0.3, 0.4) is 0 Å². The molecule has 2 heterocycles. The molecule has 0 saturated carbocycles. The first-order valence-corrected chi connectivity index (χ1v) is 8.92. The van der Waals surface area contributed by atoms with E-state index in [-0.39, 0.29) is 6.10 Å². The van der Waals surface area contributed by atoms with Crippen LogP contribution in [0.15, 0.2) is 34.7 Å². The zero-order valence-electron chi connectivity index (χ0n) is 11.8. The quantitative estimate of drug-likeness (QED) is 0.865. The summed E-state index contributed by atoms with van der Waals surface area (Å²) in [5.41, 5.74) is 1.71. The van der Waals surface area contributed by atoms with Crippen LogP contribution in [0, 0.1) is 13.8 Å². The van der Waals surface area contributed by atoms with E-state index in [1.807, 2.05) is 31.4 Å². The fraction of sp³-hybridized carbons (Fsp3) is 0.357. The molecule has 3 rings (SSSR count). The minimum Gasteiger partial charge on any atom is -0.464 e. The SMILES string of the molecule is Cc1ccc(C)c(S(=O)(=O)N2CC(Oc3nccs3)C2)c1. The summed E-state index contributed by atoms with van der Waals surface area (Å²) in [5.74, 6) is 0. The van der Waals surface area contributed by atoms with Crippen molar-refractivity contribution >= 4 is 21.4 Å². The number of ether oxygens (including phenoxy) is 1. The molecule has 0 radical (unpaired) electrons. The van der Waals surface area contributed by atoms with Gasteiger partial charge in [-0.15, -0.1) is 0 Å². The predicted octanol–water partition coefficient (Wildman–Crippen LogP) is 2.21. The maximum atomic E-state index is 12.6. The van der Waals surface area contributed by atoms with Gasteiger partial charge in [-0.3, -0.25) is 0 Å². The molecule has 1 aliphatic heterocycles. The van der Waals surface area contributed by atoms with E-state index in [1.165, 1.54) is 15.6 Å². The third-order valence-electron chi connectivity index (χ3n) is 3.45. The average molecular weight is 324 g/mol. The lowest BCUT2D eigenvalue weighted by Crippen LogP contribution is -2.56. The van der Waals surface area contributed by atoms with E-state index in [2.05, 4.69) is 4.98 Å². The Morgan fingerprint density at radius 3 is 2.76 bits per heavy atom. The molecule has 112 valence electrons. The third kappa shape index (κ3) is 2.81. The smallest absolute Gasteiger partial charge is 0.273 e. The summed E-state index contributed by atoms with van der Waals surface area (Å²) in [6.07, 6.45) is 1.56. The second kappa shape index (κ2) is 5.40. The van der Waals surface area contributed by atoms with Gasteiger partial charge in [-0.25, -0.2) is 13.4 Å². The number of hydrogen-bond acceptors (Lipinski definition) is 5. The van der Waals surface area contributed by atoms with Gasteiger partial charge in [-0.2, -0.15) is 4.31 Å². The largest absolute Gasteiger partial charge is 0.464 e. The molecular weight excluding hydrogens is 308 g/mol. The van der Waals surface area contributed by atoms with Gasteiger partial charge in [-0.1, -0.05) is 23.5 Å². The average Bonchev–Trinajstić information content (AvgIpc) is 2.88. The van der Waals surface area contributed by atoms with Gasteiger partial charge < -0.3 is 4.74 Å². The Morgan fingerprint density at radius 1 is 1.33 bits per heavy atom. The number of nitrogens with zero attached hydrogens (tertiary/aromatic N) is 2. The normalized spacial score (nSPS) is 16.7. The lowest BCUT2D eigenvalue weighted by atomic mass is 10.2. The van der Waals surface area contributed by atoms with Crippen molar-refractivity contribution in [3.63, 3.8) is 0 Å². The van der Waals surface area contributed by atoms with Crippen molar-refractivity contribution in [3.05, 3.63) is 40.9 Å². The number of aromatic nitrogens is 1. The van der Waals surface area contributed by atoms with Crippen molar-refractivity contribution in [1.82, 2.24) is 9.29 Å². The monoisotopic (exact) mass is 324 g/mol. The summed E-state index contributed by atoms with van der Waals surface area (Å²) in [7, 11) is -3.43. The topological polar surface area (TPSA) is 59.5 Å². The second-order valence-electron chi connectivity index (χ2n) is 5.13. The summed E-state index contributed by atoms with van der Waals surface area (Å²) in [6.45, 7) is 4.45. The number of thiazole rings is 1. The number of aryl methyl sites for hydroxylation is 2. The van der Waals surface area contributed by atoms with Gasteiger partial charge in [0.2, 0.25) is 10.0 Å². The Morgan fingerprint density at radius 2 is 2.10 bits per heavy atom. The Bertz CT molecular complexity index is 736. The van der Waals surface area contributed by atoms with E-state index in [0.717, 1.165) is 11.1 Å². The molecule has 0 aliphatic carbocycles. The fourth-order valence-electron chi connectivity index (χ4n) is 2.21. The first-order valence-electron chi connectivity index (χ1n) is 6.60. The van der Waals surface area contributed by atoms with Gasteiger partial charge in [0, 0.05) is 11.6 Å². The summed E-state index contributed by atoms with van der Waals surface area (Å²) >= 11 is 1.41. The molecule has 0 unspecified atom stereocenters. The van der Waals surface area contributed by atoms with E-state index in [4.69, 9.17) is 4.74 Å². The number of benzene rings is 1. The Hall–Kier alpha value is -1.44. The Kier molecular flexibility index (Phi) is 3.73. The molecule has 1 fully saturated rings. The Balaban J connectivity index is 1.72. The van der Waals surface area contributed by atoms with Crippen LogP contribution in [-0.2, 0) is 10.0 Å². The van der Waals surface area contributed by atoms with Gasteiger partial charge in [0.15, 0.2) is 0 Å². The summed E-state index contributed by atoms with van der Waals surface area (Å²) in [4.78, 5) is 4.42. The molecule has 0 bridgehead atoms. The number of rotatable bonds is 4. The highest BCUT2D eigenvalue weighted by Crippen LogP contribution is 2.27. The first kappa shape index (κ1) is 14.5. The molecule has 21 heavy (non-hydrogen) atoms. The molecule has 5 nitrogen and oxygen atoms in total. The van der Waals surface area contributed by atoms with Crippen molar-refractivity contribution in [3.8, 4) is 5.19 Å². The third-order valence-corrected chi connectivity index (χ3v) is 6.09. The van der Waals surface area contributed by atoms with Crippen molar-refractivity contribution in [2.45, 2.75) is 24.8 Å². The van der Waals surface area contributed by atoms with Crippen LogP contribution >= 0.6 is 11.3 Å². The molecule has 0 N–H and O–H groups in total. The zero-order chi connectivity index (χ0) is 15.0. The highest BCUT2D eigenvalue weighted by atomic mass is 32.2. The van der Waals surface area contributed by atoms with Crippen LogP contribution in [-0.4, -0.2) is 36.9 Å². The first-order chi connectivity index (χ1) is 9.96. The molecule has 2 aromatic rings. The van der Waals surface area contributed by atoms with Crippen molar-refractivity contribution in [2.75, 3.05) is 13.1 Å². The maximum Gasteiger partial charge on any atom is 0.273 e. The van der Waals surface area contributed by atoms with E-state index >= 15 is 0 Å². The van der Waals surface area contributed by atoms with E-state index < -0.39 is 10.0 Å². The van der Waals surface area contributed by atoms with Gasteiger partial charge in [0.05, 0.1) is 18.0 Å². The van der Waals surface area contributed by atoms with Crippen LogP contribution in [0.25, 0.3) is 0 Å². The maximum absolute atomic E-state index is 12.6. The van der Waals surface area contributed by atoms with Crippen LogP contribution < -0.4 is 4.74 Å². The van der Waals surface area contributed by atoms with Crippen LogP contribution in [0.4, 0.5) is 0 Å². The molecule has 1 saturated heterocycles. The van der Waals surface area contributed by atoms with E-state index in [1.54, 1.807) is 12.3 Å². The number of sulfonamides is 1. The van der Waals surface area contributed by atoms with Crippen molar-refractivity contribution in [2.24, 2.45) is 0 Å². The van der Waals surface area contributed by atoms with Crippen molar-refractivity contribution < 1.29 is 13.2 Å². The highest BCUT2D eigenvalue weighted by molar-refractivity contribution is 7.89. The predicted molar refractivity (Wildman–Crippen MR) is 81.2 cm³/mol. The standard InChI is InChI=1S/C14H16N2O3S2/c1-10-3-4-11(2)13(7-10)21(17,18)16-8-12(9-16)19-14-15-5-6-20-14/h3-7,12H,8-9H2,1-2H3. The molecule has 1 aromatic carbocycles. The lowest BCUT2D eigenvalue weighted by Gasteiger charge is -2.37. The van der Waals surface area contributed by atoms with Crippen molar-refractivity contribution in [1.29, 1.82) is 0 Å². The molecule has 1 aromatic heterocycles. The van der Waals surface area contributed by atoms with Gasteiger partial charge in [-0.05, 0) is 31.0 Å². The fourth-order valence-corrected chi connectivity index (χ4v) is 4.57. The molecule has 0 amide bonds. The summed E-state index contributed by atoms with van der Waals surface area (Å²) < 4.78 is 32.2. The highest BCUT2D eigenvalue weighted by Gasteiger charge is 2.39. The molecular formula is C14H16N2O3S2. The summed E-state index contributed by atoms with van der Waals surface area (Å²) in [5, 5.41) is 2.42. The second-order valence-corrected chi connectivity index (χ2v) is 7.89. The Labute approximate surface area is 128 Å². The molecule has 7 heteroatoms. The van der Waals surface area contributed by atoms with Crippen LogP contribution in [0.5, 0.6) is 5.19 Å². The van der Waals surface area contributed by atoms with E-state index in [0.29, 0.717) is 23.2 Å². The van der Waals surface area contributed by atoms with Gasteiger partial charge in [0.25, 0.3) is 5.19 Å². The summed E-state index contributed by atoms with van der Waals surface area (Å²) in [6, 6.07) is 5.48. The molecule has 0 atom stereocenters. The minimum atomic E-state index is -3.43. The molecule has 0 spiro atoms.